The van der Waals surface area contributed by atoms with Gasteiger partial charge in [-0.05, 0) is 41.9 Å². The standard InChI is InChI=1S/C17H16BrClN2O5/c1-3-24-16(22)10(7-20)12-9-5-8(19)6-11(18)14(9)26-15(21)13(12)17(23)25-4-2/h5-6,10,12H,3-4,21H2,1-2H3/t10-,12-/m1/s1. The fraction of sp³-hybridized carbons (Fsp3) is 0.353. The van der Waals surface area contributed by atoms with Gasteiger partial charge in [0.1, 0.15) is 11.3 Å². The molecule has 2 atom stereocenters. The fourth-order valence-electron chi connectivity index (χ4n) is 2.67. The monoisotopic (exact) mass is 442 g/mol. The Hall–Kier alpha value is -2.24. The number of halogens is 2. The average Bonchev–Trinajstić information content (AvgIpc) is 2.56. The average molecular weight is 444 g/mol. The number of esters is 2. The van der Waals surface area contributed by atoms with Crippen molar-refractivity contribution in [1.82, 2.24) is 0 Å². The molecular formula is C17H16BrClN2O5. The van der Waals surface area contributed by atoms with Crippen molar-refractivity contribution < 1.29 is 23.8 Å². The number of nitrogens with two attached hydrogens (primary N) is 1. The summed E-state index contributed by atoms with van der Waals surface area (Å²) in [6.45, 7) is 3.42. The normalized spacial score (nSPS) is 16.8. The third-order valence-corrected chi connectivity index (χ3v) is 4.48. The molecule has 2 rings (SSSR count). The summed E-state index contributed by atoms with van der Waals surface area (Å²) in [7, 11) is 0. The van der Waals surface area contributed by atoms with Crippen molar-refractivity contribution in [3.8, 4) is 11.8 Å². The zero-order valence-corrected chi connectivity index (χ0v) is 16.4. The first-order valence-corrected chi connectivity index (χ1v) is 8.92. The van der Waals surface area contributed by atoms with E-state index in [1.165, 1.54) is 6.07 Å². The van der Waals surface area contributed by atoms with Crippen LogP contribution in [-0.2, 0) is 19.1 Å². The lowest BCUT2D eigenvalue weighted by Gasteiger charge is -2.30. The molecule has 1 heterocycles. The second-order valence-electron chi connectivity index (χ2n) is 5.24. The Balaban J connectivity index is 2.70. The lowest BCUT2D eigenvalue weighted by molar-refractivity contribution is -0.146. The molecule has 0 aromatic heterocycles. The third-order valence-electron chi connectivity index (χ3n) is 3.67. The molecule has 1 aromatic rings. The minimum atomic E-state index is -1.33. The lowest BCUT2D eigenvalue weighted by Crippen LogP contribution is -2.34. The van der Waals surface area contributed by atoms with Crippen molar-refractivity contribution in [1.29, 1.82) is 5.26 Å². The molecule has 2 N–H and O–H groups in total. The van der Waals surface area contributed by atoms with Crippen LogP contribution in [0.2, 0.25) is 5.02 Å². The maximum Gasteiger partial charge on any atom is 0.340 e. The van der Waals surface area contributed by atoms with Crippen LogP contribution in [0.4, 0.5) is 0 Å². The van der Waals surface area contributed by atoms with E-state index in [1.807, 2.05) is 6.07 Å². The summed E-state index contributed by atoms with van der Waals surface area (Å²) in [5, 5.41) is 9.93. The molecule has 0 spiro atoms. The van der Waals surface area contributed by atoms with Gasteiger partial charge in [0.2, 0.25) is 5.88 Å². The van der Waals surface area contributed by atoms with Crippen molar-refractivity contribution in [3.05, 3.63) is 38.6 Å². The molecule has 7 nitrogen and oxygen atoms in total. The quantitative estimate of drug-likeness (QED) is 0.696. The Morgan fingerprint density at radius 3 is 2.62 bits per heavy atom. The van der Waals surface area contributed by atoms with Gasteiger partial charge in [-0.1, -0.05) is 11.6 Å². The van der Waals surface area contributed by atoms with E-state index in [4.69, 9.17) is 31.5 Å². The number of carbonyl (C=O) groups is 2. The van der Waals surface area contributed by atoms with Crippen molar-refractivity contribution in [2.45, 2.75) is 19.8 Å². The zero-order chi connectivity index (χ0) is 19.4. The van der Waals surface area contributed by atoms with Gasteiger partial charge in [0.15, 0.2) is 5.92 Å². The molecule has 1 aliphatic rings. The van der Waals surface area contributed by atoms with E-state index in [2.05, 4.69) is 15.9 Å². The van der Waals surface area contributed by atoms with Crippen LogP contribution in [0, 0.1) is 17.2 Å². The first-order chi connectivity index (χ1) is 12.3. The number of ether oxygens (including phenoxy) is 3. The molecule has 138 valence electrons. The highest BCUT2D eigenvalue weighted by molar-refractivity contribution is 9.10. The lowest BCUT2D eigenvalue weighted by atomic mass is 9.79. The SMILES string of the molecule is CCOC(=O)C1=C(N)Oc2c(Br)cc(Cl)cc2[C@@H]1[C@@H](C#N)C(=O)OCC. The zero-order valence-electron chi connectivity index (χ0n) is 14.0. The molecule has 26 heavy (non-hydrogen) atoms. The van der Waals surface area contributed by atoms with Gasteiger partial charge in [-0.25, -0.2) is 4.79 Å². The smallest absolute Gasteiger partial charge is 0.340 e. The summed E-state index contributed by atoms with van der Waals surface area (Å²) >= 11 is 9.42. The molecule has 0 saturated heterocycles. The minimum Gasteiger partial charge on any atom is -0.465 e. The summed E-state index contributed by atoms with van der Waals surface area (Å²) < 4.78 is 16.0. The maximum atomic E-state index is 12.5. The topological polar surface area (TPSA) is 112 Å². The molecule has 1 aromatic carbocycles. The molecule has 0 unspecified atom stereocenters. The van der Waals surface area contributed by atoms with Crippen molar-refractivity contribution in [2.75, 3.05) is 13.2 Å². The van der Waals surface area contributed by atoms with Gasteiger partial charge < -0.3 is 19.9 Å². The second-order valence-corrected chi connectivity index (χ2v) is 6.53. The molecule has 0 fully saturated rings. The van der Waals surface area contributed by atoms with Gasteiger partial charge >= 0.3 is 11.9 Å². The number of hydrogen-bond donors (Lipinski definition) is 1. The molecule has 9 heteroatoms. The van der Waals surface area contributed by atoms with Crippen LogP contribution in [0.3, 0.4) is 0 Å². The molecule has 0 bridgehead atoms. The Morgan fingerprint density at radius 2 is 2.04 bits per heavy atom. The number of nitrogens with zero attached hydrogens (tertiary/aromatic N) is 1. The summed E-state index contributed by atoms with van der Waals surface area (Å²) in [4.78, 5) is 24.8. The predicted molar refractivity (Wildman–Crippen MR) is 96.1 cm³/mol. The van der Waals surface area contributed by atoms with Gasteiger partial charge in [0, 0.05) is 10.6 Å². The number of benzene rings is 1. The van der Waals surface area contributed by atoms with E-state index in [0.29, 0.717) is 15.1 Å². The Labute approximate surface area is 163 Å². The van der Waals surface area contributed by atoms with Gasteiger partial charge in [0.05, 0.1) is 29.7 Å². The van der Waals surface area contributed by atoms with Gasteiger partial charge in [0.25, 0.3) is 0 Å². The second kappa shape index (κ2) is 8.43. The molecule has 0 amide bonds. The molecule has 0 aliphatic carbocycles. The minimum absolute atomic E-state index is 0.0836. The van der Waals surface area contributed by atoms with E-state index in [9.17, 15) is 14.9 Å². The first kappa shape index (κ1) is 20.1. The maximum absolute atomic E-state index is 12.5. The van der Waals surface area contributed by atoms with Gasteiger partial charge in [-0.15, -0.1) is 0 Å². The largest absolute Gasteiger partial charge is 0.465 e. The number of nitriles is 1. The summed E-state index contributed by atoms with van der Waals surface area (Å²) in [6, 6.07) is 4.99. The number of hydrogen-bond acceptors (Lipinski definition) is 7. The van der Waals surface area contributed by atoms with Crippen LogP contribution in [0.25, 0.3) is 0 Å². The van der Waals surface area contributed by atoms with Crippen molar-refractivity contribution in [3.63, 3.8) is 0 Å². The summed E-state index contributed by atoms with van der Waals surface area (Å²) in [5.74, 6) is -3.90. The first-order valence-electron chi connectivity index (χ1n) is 7.75. The summed E-state index contributed by atoms with van der Waals surface area (Å²) in [6.07, 6.45) is 0. The highest BCUT2D eigenvalue weighted by atomic mass is 79.9. The molecule has 1 aliphatic heterocycles. The summed E-state index contributed by atoms with van der Waals surface area (Å²) in [5.41, 5.74) is 6.17. The Bertz CT molecular complexity index is 818. The predicted octanol–water partition coefficient (Wildman–Crippen LogP) is 3.01. The molecule has 0 radical (unpaired) electrons. The van der Waals surface area contributed by atoms with Crippen LogP contribution >= 0.6 is 27.5 Å². The Kier molecular flexibility index (Phi) is 6.51. The third kappa shape index (κ3) is 3.79. The van der Waals surface area contributed by atoms with Crippen molar-refractivity contribution >= 4 is 39.5 Å². The van der Waals surface area contributed by atoms with E-state index in [-0.39, 0.29) is 30.4 Å². The van der Waals surface area contributed by atoms with Crippen LogP contribution in [-0.4, -0.2) is 25.2 Å². The Morgan fingerprint density at radius 1 is 1.38 bits per heavy atom. The van der Waals surface area contributed by atoms with E-state index >= 15 is 0 Å². The van der Waals surface area contributed by atoms with Crippen molar-refractivity contribution in [2.24, 2.45) is 11.7 Å². The van der Waals surface area contributed by atoms with Crippen LogP contribution < -0.4 is 10.5 Å². The van der Waals surface area contributed by atoms with E-state index < -0.39 is 23.8 Å². The van der Waals surface area contributed by atoms with E-state index in [1.54, 1.807) is 19.9 Å². The highest BCUT2D eigenvalue weighted by Crippen LogP contribution is 2.47. The molecule has 0 saturated carbocycles. The number of carbonyl (C=O) groups excluding carboxylic acids is 2. The van der Waals surface area contributed by atoms with E-state index in [0.717, 1.165) is 0 Å². The van der Waals surface area contributed by atoms with Gasteiger partial charge in [-0.2, -0.15) is 5.26 Å². The number of fused-ring (bicyclic) bond motifs is 1. The van der Waals surface area contributed by atoms with Gasteiger partial charge in [-0.3, -0.25) is 4.79 Å². The van der Waals surface area contributed by atoms with Crippen LogP contribution in [0.15, 0.2) is 28.1 Å². The highest BCUT2D eigenvalue weighted by Gasteiger charge is 2.44. The number of rotatable bonds is 5. The molecular weight excluding hydrogens is 428 g/mol. The fourth-order valence-corrected chi connectivity index (χ4v) is 3.59. The van der Waals surface area contributed by atoms with Crippen LogP contribution in [0.1, 0.15) is 25.3 Å². The van der Waals surface area contributed by atoms with Crippen LogP contribution in [0.5, 0.6) is 5.75 Å².